The molecule has 2 aromatic rings. The third kappa shape index (κ3) is 6.86. The lowest BCUT2D eigenvalue weighted by Gasteiger charge is -2.13. The van der Waals surface area contributed by atoms with E-state index in [9.17, 15) is 18.3 Å². The average Bonchev–Trinajstić information content (AvgIpc) is 2.73. The molecular formula is C22H30N2O6S. The molecule has 0 unspecified atom stereocenters. The zero-order valence-corrected chi connectivity index (χ0v) is 19.1. The molecule has 3 N–H and O–H groups in total. The van der Waals surface area contributed by atoms with Crippen molar-refractivity contribution in [1.29, 1.82) is 0 Å². The molecule has 2 rings (SSSR count). The van der Waals surface area contributed by atoms with E-state index in [0.29, 0.717) is 49.0 Å². The summed E-state index contributed by atoms with van der Waals surface area (Å²) in [5.41, 5.74) is 1.24. The summed E-state index contributed by atoms with van der Waals surface area (Å²) in [6.07, 6.45) is 1.30. The van der Waals surface area contributed by atoms with E-state index < -0.39 is 16.0 Å². The van der Waals surface area contributed by atoms with Crippen molar-refractivity contribution in [3.05, 3.63) is 47.5 Å². The average molecular weight is 451 g/mol. The molecule has 0 spiro atoms. The summed E-state index contributed by atoms with van der Waals surface area (Å²) in [7, 11) is -0.646. The number of methoxy groups -OCH3 is 2. The molecule has 0 bridgehead atoms. The second kappa shape index (κ2) is 11.0. The first-order valence-corrected chi connectivity index (χ1v) is 11.5. The number of benzene rings is 2. The Kier molecular flexibility index (Phi) is 8.70. The van der Waals surface area contributed by atoms with Gasteiger partial charge in [0, 0.05) is 18.8 Å². The third-order valence-electron chi connectivity index (χ3n) is 4.72. The highest BCUT2D eigenvalue weighted by molar-refractivity contribution is 7.89. The Balaban J connectivity index is 2.10. The van der Waals surface area contributed by atoms with Crippen molar-refractivity contribution in [3.8, 4) is 11.5 Å². The molecule has 0 aliphatic heterocycles. The molecule has 31 heavy (non-hydrogen) atoms. The fraction of sp³-hybridized carbons (Fsp3) is 0.409. The fourth-order valence-electron chi connectivity index (χ4n) is 2.96. The van der Waals surface area contributed by atoms with Crippen molar-refractivity contribution >= 4 is 21.7 Å². The number of rotatable bonds is 12. The van der Waals surface area contributed by atoms with Crippen LogP contribution in [-0.4, -0.2) is 46.8 Å². The topological polar surface area (TPSA) is 114 Å². The van der Waals surface area contributed by atoms with Crippen molar-refractivity contribution in [2.24, 2.45) is 5.92 Å². The first-order valence-electron chi connectivity index (χ1n) is 9.99. The predicted octanol–water partition coefficient (Wildman–Crippen LogP) is 3.38. The van der Waals surface area contributed by atoms with Gasteiger partial charge in [-0.25, -0.2) is 17.9 Å². The summed E-state index contributed by atoms with van der Waals surface area (Å²) >= 11 is 0. The molecule has 0 amide bonds. The lowest BCUT2D eigenvalue weighted by molar-refractivity contribution is 0.0697. The van der Waals surface area contributed by atoms with Crippen LogP contribution in [0.25, 0.3) is 0 Å². The van der Waals surface area contributed by atoms with Crippen molar-refractivity contribution in [2.75, 3.05) is 32.6 Å². The van der Waals surface area contributed by atoms with Crippen LogP contribution in [0.15, 0.2) is 41.3 Å². The molecule has 170 valence electrons. The van der Waals surface area contributed by atoms with Gasteiger partial charge in [-0.2, -0.15) is 0 Å². The number of ether oxygens (including phenoxy) is 2. The van der Waals surface area contributed by atoms with Gasteiger partial charge in [0.15, 0.2) is 11.5 Å². The van der Waals surface area contributed by atoms with Gasteiger partial charge in [-0.3, -0.25) is 0 Å². The maximum Gasteiger partial charge on any atom is 0.337 e. The van der Waals surface area contributed by atoms with E-state index in [2.05, 4.69) is 10.0 Å². The van der Waals surface area contributed by atoms with Gasteiger partial charge in [-0.1, -0.05) is 19.9 Å². The summed E-state index contributed by atoms with van der Waals surface area (Å²) in [6.45, 7) is 4.75. The Morgan fingerprint density at radius 1 is 1.03 bits per heavy atom. The lowest BCUT2D eigenvalue weighted by Crippen LogP contribution is -2.26. The minimum atomic E-state index is -3.77. The van der Waals surface area contributed by atoms with Gasteiger partial charge in [0.25, 0.3) is 0 Å². The van der Waals surface area contributed by atoms with Crippen LogP contribution in [0, 0.1) is 5.92 Å². The monoisotopic (exact) mass is 450 g/mol. The van der Waals surface area contributed by atoms with Gasteiger partial charge in [0.1, 0.15) is 0 Å². The molecule has 0 saturated heterocycles. The number of carboxylic acid groups (broad SMARTS) is 1. The Hall–Kier alpha value is -2.78. The zero-order valence-electron chi connectivity index (χ0n) is 18.3. The number of carbonyl (C=O) groups is 1. The van der Waals surface area contributed by atoms with Crippen molar-refractivity contribution in [1.82, 2.24) is 4.72 Å². The molecule has 2 aromatic carbocycles. The Labute approximate surface area is 183 Å². The molecule has 0 aliphatic carbocycles. The van der Waals surface area contributed by atoms with Crippen LogP contribution in [-0.2, 0) is 16.4 Å². The molecule has 9 heteroatoms. The van der Waals surface area contributed by atoms with Gasteiger partial charge in [0.2, 0.25) is 10.0 Å². The molecule has 0 fully saturated rings. The van der Waals surface area contributed by atoms with Crippen LogP contribution in [0.1, 0.15) is 36.2 Å². The Morgan fingerprint density at radius 2 is 1.74 bits per heavy atom. The predicted molar refractivity (Wildman–Crippen MR) is 120 cm³/mol. The molecule has 0 heterocycles. The fourth-order valence-corrected chi connectivity index (χ4v) is 4.04. The largest absolute Gasteiger partial charge is 0.493 e. The van der Waals surface area contributed by atoms with E-state index in [-0.39, 0.29) is 10.5 Å². The van der Waals surface area contributed by atoms with Gasteiger partial charge in [-0.15, -0.1) is 0 Å². The quantitative estimate of drug-likeness (QED) is 0.454. The van der Waals surface area contributed by atoms with Crippen LogP contribution >= 0.6 is 0 Å². The SMILES string of the molecule is COc1ccc(CCNc2ccc(S(=O)(=O)NCCC(C)C)cc2C(=O)O)cc1OC. The second-order valence-corrected chi connectivity index (χ2v) is 9.23. The van der Waals surface area contributed by atoms with Crippen LogP contribution in [0.3, 0.4) is 0 Å². The first-order chi connectivity index (χ1) is 14.7. The maximum absolute atomic E-state index is 12.5. The number of sulfonamides is 1. The number of hydrogen-bond acceptors (Lipinski definition) is 6. The Bertz CT molecular complexity index is 1010. The van der Waals surface area contributed by atoms with Gasteiger partial charge in [0.05, 0.1) is 24.7 Å². The standard InChI is InChI=1S/C22H30N2O6S/c1-15(2)9-12-24-31(27,28)17-6-7-19(18(14-17)22(25)26)23-11-10-16-5-8-20(29-3)21(13-16)30-4/h5-8,13-15,23-24H,9-12H2,1-4H3,(H,25,26). The normalized spacial score (nSPS) is 11.4. The summed E-state index contributed by atoms with van der Waals surface area (Å²) in [4.78, 5) is 11.6. The van der Waals surface area contributed by atoms with Crippen LogP contribution in [0.2, 0.25) is 0 Å². The van der Waals surface area contributed by atoms with E-state index in [1.165, 1.54) is 18.2 Å². The highest BCUT2D eigenvalue weighted by Crippen LogP contribution is 2.28. The number of anilines is 1. The van der Waals surface area contributed by atoms with E-state index >= 15 is 0 Å². The van der Waals surface area contributed by atoms with Gasteiger partial charge >= 0.3 is 5.97 Å². The first kappa shape index (κ1) is 24.5. The second-order valence-electron chi connectivity index (χ2n) is 7.46. The molecule has 0 atom stereocenters. The molecule has 0 aromatic heterocycles. The smallest absolute Gasteiger partial charge is 0.337 e. The maximum atomic E-state index is 12.5. The van der Waals surface area contributed by atoms with E-state index in [1.54, 1.807) is 14.2 Å². The summed E-state index contributed by atoms with van der Waals surface area (Å²) in [6, 6.07) is 9.64. The van der Waals surface area contributed by atoms with Crippen molar-refractivity contribution in [3.63, 3.8) is 0 Å². The molecular weight excluding hydrogens is 420 g/mol. The Morgan fingerprint density at radius 3 is 2.35 bits per heavy atom. The molecule has 0 saturated carbocycles. The van der Waals surface area contributed by atoms with E-state index in [0.717, 1.165) is 5.56 Å². The summed E-state index contributed by atoms with van der Waals surface area (Å²) in [5, 5.41) is 12.6. The number of nitrogens with one attached hydrogen (secondary N) is 2. The van der Waals surface area contributed by atoms with Crippen LogP contribution in [0.4, 0.5) is 5.69 Å². The van der Waals surface area contributed by atoms with Gasteiger partial charge < -0.3 is 19.9 Å². The third-order valence-corrected chi connectivity index (χ3v) is 6.18. The van der Waals surface area contributed by atoms with Crippen molar-refractivity contribution < 1.29 is 27.8 Å². The summed E-state index contributed by atoms with van der Waals surface area (Å²) < 4.78 is 38.0. The highest BCUT2D eigenvalue weighted by atomic mass is 32.2. The number of hydrogen-bond donors (Lipinski definition) is 3. The number of aromatic carboxylic acids is 1. The van der Waals surface area contributed by atoms with Crippen LogP contribution in [0.5, 0.6) is 11.5 Å². The highest BCUT2D eigenvalue weighted by Gasteiger charge is 2.19. The summed E-state index contributed by atoms with van der Waals surface area (Å²) in [5.74, 6) is 0.402. The molecule has 0 aliphatic rings. The number of carboxylic acids is 1. The van der Waals surface area contributed by atoms with Gasteiger partial charge in [-0.05, 0) is 54.7 Å². The van der Waals surface area contributed by atoms with Crippen molar-refractivity contribution in [2.45, 2.75) is 31.6 Å². The van der Waals surface area contributed by atoms with E-state index in [4.69, 9.17) is 9.47 Å². The van der Waals surface area contributed by atoms with E-state index in [1.807, 2.05) is 32.0 Å². The molecule has 0 radical (unpaired) electrons. The molecule has 8 nitrogen and oxygen atoms in total. The minimum Gasteiger partial charge on any atom is -0.493 e. The zero-order chi connectivity index (χ0) is 23.0. The minimum absolute atomic E-state index is 0.0703. The lowest BCUT2D eigenvalue weighted by atomic mass is 10.1. The van der Waals surface area contributed by atoms with Crippen LogP contribution < -0.4 is 19.5 Å².